The van der Waals surface area contributed by atoms with Gasteiger partial charge in [-0.05, 0) is 52.3 Å². The molecular weight excluding hydrogens is 378 g/mol. The van der Waals surface area contributed by atoms with Crippen LogP contribution in [0.3, 0.4) is 0 Å². The Hall–Kier alpha value is -2.89. The fourth-order valence-corrected chi connectivity index (χ4v) is 4.26. The maximum Gasteiger partial charge on any atom is 0.410 e. The van der Waals surface area contributed by atoms with Gasteiger partial charge < -0.3 is 14.5 Å². The first-order valence-corrected chi connectivity index (χ1v) is 10.5. The third-order valence-corrected chi connectivity index (χ3v) is 5.81. The Morgan fingerprint density at radius 2 is 1.93 bits per heavy atom. The lowest BCUT2D eigenvalue weighted by Gasteiger charge is -2.53. The van der Waals surface area contributed by atoms with Crippen molar-refractivity contribution < 1.29 is 14.3 Å². The van der Waals surface area contributed by atoms with E-state index in [1.807, 2.05) is 69.0 Å². The minimum absolute atomic E-state index is 0.00615. The molecule has 6 nitrogen and oxygen atoms in total. The van der Waals surface area contributed by atoms with Crippen LogP contribution in [0, 0.1) is 12.8 Å². The van der Waals surface area contributed by atoms with Gasteiger partial charge in [-0.3, -0.25) is 9.78 Å². The maximum absolute atomic E-state index is 13.5. The molecule has 2 saturated heterocycles. The second-order valence-corrected chi connectivity index (χ2v) is 9.26. The Balaban J connectivity index is 1.54. The molecule has 158 valence electrons. The van der Waals surface area contributed by atoms with E-state index in [1.165, 1.54) is 0 Å². The van der Waals surface area contributed by atoms with Gasteiger partial charge in [0.1, 0.15) is 5.60 Å². The Morgan fingerprint density at radius 1 is 1.13 bits per heavy atom. The minimum atomic E-state index is -0.526. The normalized spacial score (nSPS) is 20.9. The van der Waals surface area contributed by atoms with Gasteiger partial charge in [0.2, 0.25) is 0 Å². The number of ether oxygens (including phenoxy) is 1. The summed E-state index contributed by atoms with van der Waals surface area (Å²) in [6, 6.07) is 11.7. The van der Waals surface area contributed by atoms with Gasteiger partial charge in [-0.2, -0.15) is 0 Å². The predicted octanol–water partition coefficient (Wildman–Crippen LogP) is 4.14. The number of hydrogen-bond acceptors (Lipinski definition) is 4. The van der Waals surface area contributed by atoms with Crippen molar-refractivity contribution in [3.8, 4) is 11.3 Å². The Kier molecular flexibility index (Phi) is 5.26. The molecule has 1 aromatic carbocycles. The molecule has 2 aliphatic rings. The van der Waals surface area contributed by atoms with E-state index in [1.54, 1.807) is 11.1 Å². The Morgan fingerprint density at radius 3 is 2.63 bits per heavy atom. The van der Waals surface area contributed by atoms with Crippen molar-refractivity contribution in [3.05, 3.63) is 53.7 Å². The van der Waals surface area contributed by atoms with Crippen LogP contribution in [0.4, 0.5) is 4.79 Å². The van der Waals surface area contributed by atoms with E-state index in [0.717, 1.165) is 29.8 Å². The molecule has 0 spiro atoms. The second-order valence-electron chi connectivity index (χ2n) is 9.26. The van der Waals surface area contributed by atoms with Crippen LogP contribution in [0.15, 0.2) is 42.6 Å². The maximum atomic E-state index is 13.5. The van der Waals surface area contributed by atoms with Crippen molar-refractivity contribution in [2.24, 2.45) is 5.92 Å². The number of carbonyl (C=O) groups excluding carboxylic acids is 2. The van der Waals surface area contributed by atoms with E-state index in [2.05, 4.69) is 4.98 Å². The summed E-state index contributed by atoms with van der Waals surface area (Å²) in [5.41, 5.74) is 2.81. The number of carbonyl (C=O) groups is 2. The molecule has 2 fully saturated rings. The molecule has 2 amide bonds. The number of aryl methyl sites for hydroxylation is 1. The predicted molar refractivity (Wildman–Crippen MR) is 115 cm³/mol. The summed E-state index contributed by atoms with van der Waals surface area (Å²) in [6.07, 6.45) is 2.34. The summed E-state index contributed by atoms with van der Waals surface area (Å²) in [6.45, 7) is 9.54. The third-order valence-electron chi connectivity index (χ3n) is 5.81. The summed E-state index contributed by atoms with van der Waals surface area (Å²) in [5.74, 6) is 0.447. The zero-order valence-electron chi connectivity index (χ0n) is 18.1. The molecular formula is C24H29N3O3. The van der Waals surface area contributed by atoms with Crippen LogP contribution >= 0.6 is 0 Å². The molecule has 0 N–H and O–H groups in total. The molecule has 2 unspecified atom stereocenters. The van der Waals surface area contributed by atoms with E-state index in [9.17, 15) is 9.59 Å². The number of pyridine rings is 1. The smallest absolute Gasteiger partial charge is 0.410 e. The van der Waals surface area contributed by atoms with E-state index < -0.39 is 5.60 Å². The van der Waals surface area contributed by atoms with Crippen molar-refractivity contribution in [2.45, 2.75) is 45.8 Å². The molecule has 0 saturated carbocycles. The lowest BCUT2D eigenvalue weighted by atomic mass is 9.81. The van der Waals surface area contributed by atoms with Gasteiger partial charge in [0.25, 0.3) is 5.91 Å². The van der Waals surface area contributed by atoms with Crippen molar-refractivity contribution in [1.82, 2.24) is 14.8 Å². The largest absolute Gasteiger partial charge is 0.444 e. The van der Waals surface area contributed by atoms with Crippen LogP contribution in [0.1, 0.15) is 43.1 Å². The average molecular weight is 408 g/mol. The number of likely N-dealkylation sites (tertiary alicyclic amines) is 2. The zero-order valence-corrected chi connectivity index (χ0v) is 18.1. The molecule has 4 rings (SSSR count). The first kappa shape index (κ1) is 20.4. The van der Waals surface area contributed by atoms with Gasteiger partial charge in [-0.1, -0.05) is 23.8 Å². The number of piperidine rings is 1. The van der Waals surface area contributed by atoms with Crippen molar-refractivity contribution >= 4 is 12.0 Å². The van der Waals surface area contributed by atoms with Gasteiger partial charge in [-0.15, -0.1) is 0 Å². The highest BCUT2D eigenvalue weighted by Crippen LogP contribution is 2.36. The number of benzene rings is 1. The second kappa shape index (κ2) is 7.74. The number of amides is 2. The Labute approximate surface area is 177 Å². The summed E-state index contributed by atoms with van der Waals surface area (Å²) in [5, 5.41) is 0. The van der Waals surface area contributed by atoms with Gasteiger partial charge in [0.05, 0.1) is 11.7 Å². The third kappa shape index (κ3) is 4.04. The van der Waals surface area contributed by atoms with Crippen molar-refractivity contribution in [2.75, 3.05) is 19.6 Å². The zero-order chi connectivity index (χ0) is 21.5. The number of nitrogens with zero attached hydrogens (tertiary/aromatic N) is 3. The average Bonchev–Trinajstić information content (AvgIpc) is 2.68. The van der Waals surface area contributed by atoms with Crippen LogP contribution in [-0.4, -0.2) is 58.1 Å². The Bertz CT molecular complexity index is 952. The number of aromatic nitrogens is 1. The van der Waals surface area contributed by atoms with Crippen LogP contribution in [0.5, 0.6) is 0 Å². The molecule has 0 aliphatic carbocycles. The molecule has 30 heavy (non-hydrogen) atoms. The van der Waals surface area contributed by atoms with Crippen LogP contribution in [0.25, 0.3) is 11.3 Å². The minimum Gasteiger partial charge on any atom is -0.444 e. The van der Waals surface area contributed by atoms with Crippen LogP contribution < -0.4 is 0 Å². The first-order chi connectivity index (χ1) is 14.2. The van der Waals surface area contributed by atoms with Gasteiger partial charge in [0, 0.05) is 42.9 Å². The number of fused-ring (bicyclic) bond motifs is 1. The lowest BCUT2D eigenvalue weighted by Crippen LogP contribution is -2.66. The molecule has 0 bridgehead atoms. The fraction of sp³-hybridized carbons (Fsp3) is 0.458. The van der Waals surface area contributed by atoms with E-state index in [4.69, 9.17) is 4.74 Å². The summed E-state index contributed by atoms with van der Waals surface area (Å²) >= 11 is 0. The molecule has 2 atom stereocenters. The number of hydrogen-bond donors (Lipinski definition) is 0. The van der Waals surface area contributed by atoms with Crippen molar-refractivity contribution in [3.63, 3.8) is 0 Å². The first-order valence-electron chi connectivity index (χ1n) is 10.5. The summed E-state index contributed by atoms with van der Waals surface area (Å²) in [4.78, 5) is 34.1. The topological polar surface area (TPSA) is 62.7 Å². The van der Waals surface area contributed by atoms with Crippen LogP contribution in [-0.2, 0) is 4.74 Å². The molecule has 6 heteroatoms. The summed E-state index contributed by atoms with van der Waals surface area (Å²) in [7, 11) is 0. The summed E-state index contributed by atoms with van der Waals surface area (Å²) < 4.78 is 5.53. The van der Waals surface area contributed by atoms with E-state index in [0.29, 0.717) is 24.6 Å². The van der Waals surface area contributed by atoms with Gasteiger partial charge in [0.15, 0.2) is 0 Å². The number of rotatable bonds is 2. The standard InChI is InChI=1S/C24H29N3O3/c1-16-8-9-18(20-7-5-6-11-25-20)19(13-16)22(28)27-14-17-10-12-26(15-21(17)27)23(29)30-24(2,3)4/h5-9,11,13,17,21H,10,12,14-15H2,1-4H3. The van der Waals surface area contributed by atoms with Gasteiger partial charge >= 0.3 is 6.09 Å². The monoisotopic (exact) mass is 407 g/mol. The highest BCUT2D eigenvalue weighted by Gasteiger charge is 2.46. The highest BCUT2D eigenvalue weighted by atomic mass is 16.6. The van der Waals surface area contributed by atoms with Crippen LogP contribution in [0.2, 0.25) is 0 Å². The van der Waals surface area contributed by atoms with E-state index in [-0.39, 0.29) is 18.0 Å². The molecule has 2 aromatic rings. The van der Waals surface area contributed by atoms with E-state index >= 15 is 0 Å². The molecule has 3 heterocycles. The quantitative estimate of drug-likeness (QED) is 0.751. The SMILES string of the molecule is Cc1ccc(-c2ccccn2)c(C(=O)N2CC3CCN(C(=O)OC(C)(C)C)CC32)c1. The van der Waals surface area contributed by atoms with Gasteiger partial charge in [-0.25, -0.2) is 4.79 Å². The molecule has 2 aliphatic heterocycles. The molecule has 0 radical (unpaired) electrons. The lowest BCUT2D eigenvalue weighted by molar-refractivity contribution is -0.0385. The fourth-order valence-electron chi connectivity index (χ4n) is 4.26. The molecule has 1 aromatic heterocycles. The highest BCUT2D eigenvalue weighted by molar-refractivity contribution is 6.01. The van der Waals surface area contributed by atoms with Crippen molar-refractivity contribution in [1.29, 1.82) is 0 Å².